The van der Waals surface area contributed by atoms with Crippen LogP contribution in [0, 0.1) is 0 Å². The quantitative estimate of drug-likeness (QED) is 0.722. The summed E-state index contributed by atoms with van der Waals surface area (Å²) in [6, 6.07) is 15.5. The Morgan fingerprint density at radius 1 is 1.00 bits per heavy atom. The number of aromatic nitrogens is 1. The number of nitrogens with zero attached hydrogens (tertiary/aromatic N) is 1. The van der Waals surface area contributed by atoms with Crippen LogP contribution in [0.2, 0.25) is 0 Å². The molecular weight excluding hydrogens is 322 g/mol. The van der Waals surface area contributed by atoms with Crippen molar-refractivity contribution in [1.29, 1.82) is 0 Å². The lowest BCUT2D eigenvalue weighted by atomic mass is 10.1. The van der Waals surface area contributed by atoms with Crippen LogP contribution in [0.5, 0.6) is 0 Å². The highest BCUT2D eigenvalue weighted by Gasteiger charge is 2.03. The molecule has 0 aliphatic carbocycles. The molecule has 3 rings (SSSR count). The number of nitrogens with one attached hydrogen (secondary N) is 2. The molecule has 1 heterocycles. The Bertz CT molecular complexity index is 933. The van der Waals surface area contributed by atoms with Gasteiger partial charge in [-0.2, -0.15) is 0 Å². The molecule has 124 valence electrons. The van der Waals surface area contributed by atoms with Crippen molar-refractivity contribution in [2.45, 2.75) is 6.42 Å². The zero-order valence-electron chi connectivity index (χ0n) is 13.4. The van der Waals surface area contributed by atoms with E-state index in [1.165, 1.54) is 0 Å². The summed E-state index contributed by atoms with van der Waals surface area (Å²) in [5, 5.41) is 5.68. The van der Waals surface area contributed by atoms with Gasteiger partial charge in [-0.25, -0.2) is 8.42 Å². The van der Waals surface area contributed by atoms with Gasteiger partial charge in [0.2, 0.25) is 10.0 Å². The molecular formula is C18H19N3O2S. The third-order valence-corrected chi connectivity index (χ3v) is 4.26. The Morgan fingerprint density at radius 3 is 2.50 bits per heavy atom. The second-order valence-electron chi connectivity index (χ2n) is 5.66. The zero-order valence-corrected chi connectivity index (χ0v) is 14.2. The van der Waals surface area contributed by atoms with E-state index in [4.69, 9.17) is 0 Å². The smallest absolute Gasteiger partial charge is 0.229 e. The summed E-state index contributed by atoms with van der Waals surface area (Å²) in [5.41, 5.74) is 2.73. The number of sulfonamides is 1. The van der Waals surface area contributed by atoms with Crippen LogP contribution in [0.3, 0.4) is 0 Å². The van der Waals surface area contributed by atoms with E-state index < -0.39 is 10.0 Å². The van der Waals surface area contributed by atoms with E-state index in [0.29, 0.717) is 5.69 Å². The van der Waals surface area contributed by atoms with Gasteiger partial charge in [-0.15, -0.1) is 0 Å². The van der Waals surface area contributed by atoms with Crippen LogP contribution >= 0.6 is 0 Å². The lowest BCUT2D eigenvalue weighted by Crippen LogP contribution is -2.09. The Kier molecular flexibility index (Phi) is 4.66. The second kappa shape index (κ2) is 6.88. The molecule has 0 atom stereocenters. The SMILES string of the molecule is CS(=O)(=O)Nc1ccc(CCNc2cncc3ccccc23)cc1. The van der Waals surface area contributed by atoms with Crippen molar-refractivity contribution in [1.82, 2.24) is 4.98 Å². The minimum atomic E-state index is -3.23. The molecule has 0 aliphatic heterocycles. The van der Waals surface area contributed by atoms with Crippen molar-refractivity contribution in [2.75, 3.05) is 22.8 Å². The Hall–Kier alpha value is -2.60. The van der Waals surface area contributed by atoms with Crippen molar-refractivity contribution in [2.24, 2.45) is 0 Å². The van der Waals surface area contributed by atoms with Gasteiger partial charge in [0.25, 0.3) is 0 Å². The number of rotatable bonds is 6. The monoisotopic (exact) mass is 341 g/mol. The third-order valence-electron chi connectivity index (χ3n) is 3.65. The molecule has 0 fully saturated rings. The van der Waals surface area contributed by atoms with Crippen molar-refractivity contribution < 1.29 is 8.42 Å². The molecule has 0 radical (unpaired) electrons. The summed E-state index contributed by atoms with van der Waals surface area (Å²) in [5.74, 6) is 0. The summed E-state index contributed by atoms with van der Waals surface area (Å²) in [6.45, 7) is 0.772. The summed E-state index contributed by atoms with van der Waals surface area (Å²) >= 11 is 0. The van der Waals surface area contributed by atoms with Gasteiger partial charge in [0.05, 0.1) is 18.1 Å². The predicted octanol–water partition coefficient (Wildman–Crippen LogP) is 3.26. The van der Waals surface area contributed by atoms with Crippen LogP contribution in [0.15, 0.2) is 60.9 Å². The van der Waals surface area contributed by atoms with E-state index >= 15 is 0 Å². The molecule has 0 unspecified atom stereocenters. The van der Waals surface area contributed by atoms with Crippen LogP contribution < -0.4 is 10.0 Å². The summed E-state index contributed by atoms with van der Waals surface area (Å²) in [7, 11) is -3.23. The standard InChI is InChI=1S/C18H19N3O2S/c1-24(22,23)21-16-8-6-14(7-9-16)10-11-20-18-13-19-12-15-4-2-3-5-17(15)18/h2-9,12-13,20-21H,10-11H2,1H3. The van der Waals surface area contributed by atoms with Gasteiger partial charge < -0.3 is 5.32 Å². The summed E-state index contributed by atoms with van der Waals surface area (Å²) in [6.07, 6.45) is 5.67. The first-order valence-electron chi connectivity index (χ1n) is 7.65. The molecule has 24 heavy (non-hydrogen) atoms. The number of hydrogen-bond donors (Lipinski definition) is 2. The average molecular weight is 341 g/mol. The highest BCUT2D eigenvalue weighted by Crippen LogP contribution is 2.21. The van der Waals surface area contributed by atoms with Crippen molar-refractivity contribution >= 4 is 32.2 Å². The van der Waals surface area contributed by atoms with Gasteiger partial charge in [0.1, 0.15) is 0 Å². The van der Waals surface area contributed by atoms with E-state index in [1.54, 1.807) is 12.1 Å². The maximum absolute atomic E-state index is 11.2. The molecule has 0 saturated carbocycles. The molecule has 0 bridgehead atoms. The van der Waals surface area contributed by atoms with Crippen LogP contribution in [-0.2, 0) is 16.4 Å². The van der Waals surface area contributed by atoms with Gasteiger partial charge in [0.15, 0.2) is 0 Å². The number of anilines is 2. The second-order valence-corrected chi connectivity index (χ2v) is 7.40. The van der Waals surface area contributed by atoms with Gasteiger partial charge >= 0.3 is 0 Å². The molecule has 3 aromatic rings. The van der Waals surface area contributed by atoms with Gasteiger partial charge in [-0.3, -0.25) is 9.71 Å². The Balaban J connectivity index is 1.62. The molecule has 2 aromatic carbocycles. The highest BCUT2D eigenvalue weighted by atomic mass is 32.2. The van der Waals surface area contributed by atoms with E-state index in [1.807, 2.05) is 42.7 Å². The molecule has 0 spiro atoms. The first kappa shape index (κ1) is 16.3. The van der Waals surface area contributed by atoms with Gasteiger partial charge in [-0.1, -0.05) is 36.4 Å². The minimum Gasteiger partial charge on any atom is -0.383 e. The topological polar surface area (TPSA) is 71.1 Å². The first-order valence-corrected chi connectivity index (χ1v) is 9.54. The zero-order chi connectivity index (χ0) is 17.0. The lowest BCUT2D eigenvalue weighted by molar-refractivity contribution is 0.607. The summed E-state index contributed by atoms with van der Waals surface area (Å²) < 4.78 is 24.8. The fourth-order valence-corrected chi connectivity index (χ4v) is 3.12. The normalized spacial score (nSPS) is 11.4. The van der Waals surface area contributed by atoms with Crippen LogP contribution in [0.4, 0.5) is 11.4 Å². The van der Waals surface area contributed by atoms with Crippen molar-refractivity contribution in [3.8, 4) is 0 Å². The molecule has 0 saturated heterocycles. The maximum Gasteiger partial charge on any atom is 0.229 e. The average Bonchev–Trinajstić information content (AvgIpc) is 2.55. The summed E-state index contributed by atoms with van der Waals surface area (Å²) in [4.78, 5) is 4.26. The van der Waals surface area contributed by atoms with E-state index in [2.05, 4.69) is 21.1 Å². The van der Waals surface area contributed by atoms with E-state index in [9.17, 15) is 8.42 Å². The van der Waals surface area contributed by atoms with Crippen molar-refractivity contribution in [3.63, 3.8) is 0 Å². The van der Waals surface area contributed by atoms with E-state index in [-0.39, 0.29) is 0 Å². The third kappa shape index (κ3) is 4.23. The number of pyridine rings is 1. The lowest BCUT2D eigenvalue weighted by Gasteiger charge is -2.10. The Labute approximate surface area is 141 Å². The van der Waals surface area contributed by atoms with Crippen LogP contribution in [-0.4, -0.2) is 26.2 Å². The molecule has 0 amide bonds. The number of fused-ring (bicyclic) bond motifs is 1. The van der Waals surface area contributed by atoms with E-state index in [0.717, 1.165) is 41.2 Å². The van der Waals surface area contributed by atoms with Gasteiger partial charge in [-0.05, 0) is 24.1 Å². The maximum atomic E-state index is 11.2. The largest absolute Gasteiger partial charge is 0.383 e. The number of hydrogen-bond acceptors (Lipinski definition) is 4. The van der Waals surface area contributed by atoms with Crippen LogP contribution in [0.25, 0.3) is 10.8 Å². The molecule has 2 N–H and O–H groups in total. The number of benzene rings is 2. The minimum absolute atomic E-state index is 0.576. The molecule has 1 aromatic heterocycles. The highest BCUT2D eigenvalue weighted by molar-refractivity contribution is 7.92. The molecule has 5 nitrogen and oxygen atoms in total. The van der Waals surface area contributed by atoms with Gasteiger partial charge in [0, 0.05) is 29.2 Å². The van der Waals surface area contributed by atoms with Crippen LogP contribution in [0.1, 0.15) is 5.56 Å². The molecule has 6 heteroatoms. The van der Waals surface area contributed by atoms with Crippen molar-refractivity contribution in [3.05, 3.63) is 66.5 Å². The fourth-order valence-electron chi connectivity index (χ4n) is 2.55. The Morgan fingerprint density at radius 2 is 1.75 bits per heavy atom. The predicted molar refractivity (Wildman–Crippen MR) is 98.8 cm³/mol. The molecule has 0 aliphatic rings. The fraction of sp³-hybridized carbons (Fsp3) is 0.167. The first-order chi connectivity index (χ1) is 11.5.